The van der Waals surface area contributed by atoms with Crippen molar-refractivity contribution < 1.29 is 12.9 Å². The van der Waals surface area contributed by atoms with Gasteiger partial charge in [-0.3, -0.25) is 4.98 Å². The number of nitrogens with zero attached hydrogens (tertiary/aromatic N) is 4. The molecule has 0 aliphatic carbocycles. The Balaban J connectivity index is 1.58. The molecule has 2 heterocycles. The molecule has 0 amide bonds. The van der Waals surface area contributed by atoms with Crippen molar-refractivity contribution in [1.29, 1.82) is 0 Å². The highest BCUT2D eigenvalue weighted by Gasteiger charge is 2.11. The number of aliphatic imine (C=N–C) groups is 1. The van der Waals surface area contributed by atoms with Gasteiger partial charge in [-0.25, -0.2) is 13.4 Å². The third-order valence-corrected chi connectivity index (χ3v) is 5.65. The average Bonchev–Trinajstić information content (AvgIpc) is 3.21. The maximum atomic E-state index is 11.8. The maximum absolute atomic E-state index is 11.8. The summed E-state index contributed by atoms with van der Waals surface area (Å²) < 4.78 is 28.8. The molecule has 9 nitrogen and oxygen atoms in total. The number of aromatic nitrogens is 3. The average molecular weight is 443 g/mol. The number of nitrogens with one attached hydrogen (secondary N) is 2. The van der Waals surface area contributed by atoms with Gasteiger partial charge in [0.15, 0.2) is 21.6 Å². The minimum absolute atomic E-state index is 0.343. The lowest BCUT2D eigenvalue weighted by Crippen LogP contribution is -2.38. The first-order valence-corrected chi connectivity index (χ1v) is 11.8. The Hall–Kier alpha value is -3.27. The van der Waals surface area contributed by atoms with Crippen molar-refractivity contribution in [3.05, 3.63) is 59.5 Å². The molecule has 164 valence electrons. The van der Waals surface area contributed by atoms with Gasteiger partial charge in [-0.05, 0) is 43.2 Å². The number of sulfone groups is 1. The fourth-order valence-corrected chi connectivity index (χ4v) is 3.94. The molecule has 10 heteroatoms. The highest BCUT2D eigenvalue weighted by Crippen LogP contribution is 2.17. The van der Waals surface area contributed by atoms with Crippen molar-refractivity contribution in [2.24, 2.45) is 4.99 Å². The Kier molecular flexibility index (Phi) is 7.35. The Morgan fingerprint density at radius 3 is 2.71 bits per heavy atom. The van der Waals surface area contributed by atoms with Gasteiger partial charge in [0.25, 0.3) is 5.89 Å². The molecule has 2 N–H and O–H groups in total. The van der Waals surface area contributed by atoms with E-state index in [-0.39, 0.29) is 0 Å². The van der Waals surface area contributed by atoms with E-state index in [0.717, 1.165) is 5.56 Å². The Morgan fingerprint density at radius 2 is 2.03 bits per heavy atom. The lowest BCUT2D eigenvalue weighted by atomic mass is 10.1. The second-order valence-electron chi connectivity index (χ2n) is 6.97. The molecular formula is C21H26N6O3S. The SMILES string of the molecule is CCNC(=NCc1ccc(S(C)(=O)=O)c(C)c1)NCCc1noc(-c2ccccn2)n1. The molecule has 0 aliphatic heterocycles. The highest BCUT2D eigenvalue weighted by molar-refractivity contribution is 7.90. The molecule has 0 unspecified atom stereocenters. The first-order valence-electron chi connectivity index (χ1n) is 9.92. The molecule has 2 aromatic heterocycles. The van der Waals surface area contributed by atoms with Crippen molar-refractivity contribution in [2.45, 2.75) is 31.7 Å². The van der Waals surface area contributed by atoms with E-state index in [2.05, 4.69) is 30.8 Å². The predicted octanol–water partition coefficient (Wildman–Crippen LogP) is 2.14. The van der Waals surface area contributed by atoms with E-state index in [0.29, 0.717) is 59.9 Å². The van der Waals surface area contributed by atoms with Gasteiger partial charge in [-0.1, -0.05) is 23.4 Å². The summed E-state index contributed by atoms with van der Waals surface area (Å²) in [4.78, 5) is 13.5. The van der Waals surface area contributed by atoms with Crippen LogP contribution in [0.4, 0.5) is 0 Å². The normalized spacial score (nSPS) is 12.0. The topological polar surface area (TPSA) is 122 Å². The summed E-state index contributed by atoms with van der Waals surface area (Å²) in [6.45, 7) is 5.48. The molecule has 0 spiro atoms. The zero-order chi connectivity index (χ0) is 22.3. The van der Waals surface area contributed by atoms with Crippen LogP contribution in [0.25, 0.3) is 11.6 Å². The van der Waals surface area contributed by atoms with Crippen molar-refractivity contribution in [1.82, 2.24) is 25.8 Å². The number of aryl methyl sites for hydroxylation is 1. The molecule has 0 fully saturated rings. The first-order chi connectivity index (χ1) is 14.9. The van der Waals surface area contributed by atoms with Crippen LogP contribution in [0.15, 0.2) is 57.0 Å². The summed E-state index contributed by atoms with van der Waals surface area (Å²) >= 11 is 0. The summed E-state index contributed by atoms with van der Waals surface area (Å²) in [7, 11) is -3.23. The highest BCUT2D eigenvalue weighted by atomic mass is 32.2. The number of rotatable bonds is 8. The maximum Gasteiger partial charge on any atom is 0.276 e. The molecule has 0 saturated carbocycles. The molecule has 0 atom stereocenters. The number of guanidine groups is 1. The molecule has 3 rings (SSSR count). The van der Waals surface area contributed by atoms with Gasteiger partial charge in [0.2, 0.25) is 0 Å². The van der Waals surface area contributed by atoms with Crippen molar-refractivity contribution in [2.75, 3.05) is 19.3 Å². The standard InChI is InChI=1S/C21H26N6O3S/c1-4-22-21(25-14-16-8-9-18(15(2)13-16)31(3,28)29)24-12-10-19-26-20(30-27-19)17-7-5-6-11-23-17/h5-9,11,13H,4,10,12,14H2,1-3H3,(H2,22,24,25). The van der Waals surface area contributed by atoms with Gasteiger partial charge < -0.3 is 15.2 Å². The molecular weight excluding hydrogens is 416 g/mol. The number of pyridine rings is 1. The molecule has 31 heavy (non-hydrogen) atoms. The van der Waals surface area contributed by atoms with Gasteiger partial charge >= 0.3 is 0 Å². The summed E-state index contributed by atoms with van der Waals surface area (Å²) in [6, 6.07) is 10.8. The largest absolute Gasteiger partial charge is 0.357 e. The summed E-state index contributed by atoms with van der Waals surface area (Å²) in [5.41, 5.74) is 2.29. The van der Waals surface area contributed by atoms with E-state index in [9.17, 15) is 8.42 Å². The van der Waals surface area contributed by atoms with Crippen LogP contribution < -0.4 is 10.6 Å². The van der Waals surface area contributed by atoms with Crippen LogP contribution in [0.2, 0.25) is 0 Å². The van der Waals surface area contributed by atoms with Crippen LogP contribution in [0.5, 0.6) is 0 Å². The van der Waals surface area contributed by atoms with Gasteiger partial charge in [-0.2, -0.15) is 4.98 Å². The van der Waals surface area contributed by atoms with Crippen LogP contribution in [0, 0.1) is 6.92 Å². The number of hydrogen-bond acceptors (Lipinski definition) is 7. The lowest BCUT2D eigenvalue weighted by Gasteiger charge is -2.11. The van der Waals surface area contributed by atoms with Crippen LogP contribution in [0.1, 0.15) is 23.9 Å². The monoisotopic (exact) mass is 442 g/mol. The van der Waals surface area contributed by atoms with Crippen LogP contribution >= 0.6 is 0 Å². The second-order valence-corrected chi connectivity index (χ2v) is 8.96. The minimum Gasteiger partial charge on any atom is -0.357 e. The van der Waals surface area contributed by atoms with Gasteiger partial charge in [0.05, 0.1) is 11.4 Å². The Bertz CT molecular complexity index is 1140. The van der Waals surface area contributed by atoms with E-state index in [4.69, 9.17) is 4.52 Å². The van der Waals surface area contributed by atoms with E-state index in [1.165, 1.54) is 6.26 Å². The van der Waals surface area contributed by atoms with Crippen molar-refractivity contribution in [3.63, 3.8) is 0 Å². The summed E-state index contributed by atoms with van der Waals surface area (Å²) in [5, 5.41) is 10.4. The fourth-order valence-electron chi connectivity index (χ4n) is 2.98. The molecule has 1 aromatic carbocycles. The molecule has 0 saturated heterocycles. The van der Waals surface area contributed by atoms with E-state index < -0.39 is 9.84 Å². The van der Waals surface area contributed by atoms with Gasteiger partial charge in [-0.15, -0.1) is 0 Å². The fraction of sp³-hybridized carbons (Fsp3) is 0.333. The van der Waals surface area contributed by atoms with Gasteiger partial charge in [0.1, 0.15) is 5.69 Å². The quantitative estimate of drug-likeness (QED) is 0.402. The molecule has 0 bridgehead atoms. The molecule has 0 aliphatic rings. The Labute approximate surface area is 181 Å². The zero-order valence-corrected chi connectivity index (χ0v) is 18.6. The Morgan fingerprint density at radius 1 is 1.19 bits per heavy atom. The first kappa shape index (κ1) is 22.4. The molecule has 3 aromatic rings. The van der Waals surface area contributed by atoms with E-state index in [1.807, 2.05) is 31.2 Å². The van der Waals surface area contributed by atoms with E-state index >= 15 is 0 Å². The third-order valence-electron chi connectivity index (χ3n) is 4.40. The second kappa shape index (κ2) is 10.2. The van der Waals surface area contributed by atoms with E-state index in [1.54, 1.807) is 25.3 Å². The van der Waals surface area contributed by atoms with Crippen LogP contribution in [-0.4, -0.2) is 48.8 Å². The van der Waals surface area contributed by atoms with Crippen molar-refractivity contribution >= 4 is 15.8 Å². The predicted molar refractivity (Wildman–Crippen MR) is 118 cm³/mol. The van der Waals surface area contributed by atoms with Crippen molar-refractivity contribution in [3.8, 4) is 11.6 Å². The third kappa shape index (κ3) is 6.35. The number of hydrogen-bond donors (Lipinski definition) is 2. The smallest absolute Gasteiger partial charge is 0.276 e. The van der Waals surface area contributed by atoms with Gasteiger partial charge in [0, 0.05) is 32.0 Å². The number of benzene rings is 1. The van der Waals surface area contributed by atoms with Crippen LogP contribution in [-0.2, 0) is 22.8 Å². The summed E-state index contributed by atoms with van der Waals surface area (Å²) in [5.74, 6) is 1.63. The lowest BCUT2D eigenvalue weighted by molar-refractivity contribution is 0.421. The minimum atomic E-state index is -3.23. The molecule has 0 radical (unpaired) electrons. The van der Waals surface area contributed by atoms with Crippen LogP contribution in [0.3, 0.4) is 0 Å². The zero-order valence-electron chi connectivity index (χ0n) is 17.8. The summed E-state index contributed by atoms with van der Waals surface area (Å²) in [6.07, 6.45) is 3.45.